The maximum absolute atomic E-state index is 2.43. The van der Waals surface area contributed by atoms with Gasteiger partial charge in [-0.05, 0) is 11.8 Å². The topological polar surface area (TPSA) is 0 Å². The number of unbranched alkanes of at least 4 members (excludes halogenated alkanes) is 2. The van der Waals surface area contributed by atoms with Crippen LogP contribution >= 0.6 is 0 Å². The van der Waals surface area contributed by atoms with Crippen molar-refractivity contribution in [2.75, 3.05) is 0 Å². The van der Waals surface area contributed by atoms with Crippen molar-refractivity contribution < 1.29 is 0 Å². The largest absolute Gasteiger partial charge is 0.0713 e. The van der Waals surface area contributed by atoms with Crippen LogP contribution in [0.5, 0.6) is 0 Å². The van der Waals surface area contributed by atoms with Crippen molar-refractivity contribution >= 4 is 14.0 Å². The molecule has 0 aliphatic carbocycles. The molecule has 0 saturated carbocycles. The normalized spacial score (nSPS) is 15.3. The summed E-state index contributed by atoms with van der Waals surface area (Å²) in [6.07, 6.45) is 11.2. The molecule has 1 aromatic rings. The second-order valence-electron chi connectivity index (χ2n) is 7.41. The van der Waals surface area contributed by atoms with E-state index in [1.807, 2.05) is 0 Å². The molecule has 0 bridgehead atoms. The average molecular weight is 333 g/mol. The van der Waals surface area contributed by atoms with Crippen LogP contribution in [0.15, 0.2) is 30.3 Å². The van der Waals surface area contributed by atoms with Crippen molar-refractivity contribution in [2.24, 2.45) is 11.8 Å². The highest BCUT2D eigenvalue weighted by Gasteiger charge is 2.21. The summed E-state index contributed by atoms with van der Waals surface area (Å²) in [7, 11) is -0.828. The van der Waals surface area contributed by atoms with E-state index in [1.54, 1.807) is 5.19 Å². The van der Waals surface area contributed by atoms with Crippen LogP contribution in [0.2, 0.25) is 12.1 Å². The lowest BCUT2D eigenvalue weighted by Gasteiger charge is -2.26. The average Bonchev–Trinajstić information content (AvgIpc) is 2.61. The first kappa shape index (κ1) is 20.5. The van der Waals surface area contributed by atoms with Gasteiger partial charge in [-0.1, -0.05) is 127 Å². The van der Waals surface area contributed by atoms with E-state index in [1.165, 1.54) is 63.5 Å². The van der Waals surface area contributed by atoms with Crippen molar-refractivity contribution in [1.29, 1.82) is 0 Å². The molecule has 0 nitrogen and oxygen atoms in total. The van der Waals surface area contributed by atoms with Crippen LogP contribution < -0.4 is 5.19 Å². The van der Waals surface area contributed by atoms with Gasteiger partial charge in [-0.3, -0.25) is 0 Å². The molecule has 2 unspecified atom stereocenters. The van der Waals surface area contributed by atoms with Gasteiger partial charge >= 0.3 is 0 Å². The molecular formula is C22H40Si. The Hall–Kier alpha value is -0.563. The monoisotopic (exact) mass is 332 g/mol. The second kappa shape index (κ2) is 12.8. The van der Waals surface area contributed by atoms with Gasteiger partial charge in [-0.2, -0.15) is 0 Å². The molecule has 2 atom stereocenters. The van der Waals surface area contributed by atoms with Crippen molar-refractivity contribution in [2.45, 2.75) is 91.1 Å². The molecule has 0 N–H and O–H groups in total. The predicted molar refractivity (Wildman–Crippen MR) is 109 cm³/mol. The van der Waals surface area contributed by atoms with Crippen molar-refractivity contribution in [3.05, 3.63) is 30.3 Å². The molecule has 132 valence electrons. The van der Waals surface area contributed by atoms with E-state index >= 15 is 0 Å². The van der Waals surface area contributed by atoms with Gasteiger partial charge in [-0.15, -0.1) is 0 Å². The van der Waals surface area contributed by atoms with E-state index in [-0.39, 0.29) is 0 Å². The first-order valence-corrected chi connectivity index (χ1v) is 12.5. The summed E-state index contributed by atoms with van der Waals surface area (Å²) in [5, 5.41) is 1.72. The van der Waals surface area contributed by atoms with Crippen molar-refractivity contribution in [1.82, 2.24) is 0 Å². The lowest BCUT2D eigenvalue weighted by molar-refractivity contribution is 0.472. The Morgan fingerprint density at radius 1 is 0.739 bits per heavy atom. The Labute approximate surface area is 147 Å². The van der Waals surface area contributed by atoms with Crippen LogP contribution in [0.25, 0.3) is 0 Å². The molecule has 0 spiro atoms. The minimum atomic E-state index is -0.828. The van der Waals surface area contributed by atoms with Crippen LogP contribution in [-0.2, 0) is 0 Å². The summed E-state index contributed by atoms with van der Waals surface area (Å²) in [5.41, 5.74) is 0. The molecule has 0 aliphatic heterocycles. The highest BCUT2D eigenvalue weighted by atomic mass is 28.3. The molecule has 1 rings (SSSR count). The van der Waals surface area contributed by atoms with Crippen molar-refractivity contribution in [3.63, 3.8) is 0 Å². The molecule has 1 heteroatoms. The Kier molecular flexibility index (Phi) is 11.4. The molecular weight excluding hydrogens is 292 g/mol. The molecule has 0 aromatic heterocycles. The molecule has 0 radical (unpaired) electrons. The van der Waals surface area contributed by atoms with E-state index in [0.29, 0.717) is 0 Å². The lowest BCUT2D eigenvalue weighted by Crippen LogP contribution is -2.34. The van der Waals surface area contributed by atoms with E-state index in [0.717, 1.165) is 11.8 Å². The Morgan fingerprint density at radius 3 is 1.61 bits per heavy atom. The fourth-order valence-corrected chi connectivity index (χ4v) is 8.11. The third-order valence-corrected chi connectivity index (χ3v) is 9.39. The van der Waals surface area contributed by atoms with Gasteiger partial charge < -0.3 is 0 Å². The number of rotatable bonds is 13. The minimum absolute atomic E-state index is 0.828. The SMILES string of the molecule is CCCCC(CC)C[SiH](CC(CC)CCCC)c1ccccc1. The summed E-state index contributed by atoms with van der Waals surface area (Å²) < 4.78 is 0. The maximum atomic E-state index is 2.43. The van der Waals surface area contributed by atoms with E-state index < -0.39 is 8.80 Å². The van der Waals surface area contributed by atoms with E-state index in [4.69, 9.17) is 0 Å². The molecule has 0 saturated heterocycles. The highest BCUT2D eigenvalue weighted by molar-refractivity contribution is 6.73. The van der Waals surface area contributed by atoms with Crippen LogP contribution in [-0.4, -0.2) is 8.80 Å². The fraction of sp³-hybridized carbons (Fsp3) is 0.727. The first-order chi connectivity index (χ1) is 11.2. The molecule has 23 heavy (non-hydrogen) atoms. The zero-order valence-electron chi connectivity index (χ0n) is 16.2. The summed E-state index contributed by atoms with van der Waals surface area (Å²) in [6.45, 7) is 9.48. The molecule has 0 fully saturated rings. The summed E-state index contributed by atoms with van der Waals surface area (Å²) >= 11 is 0. The number of hydrogen-bond donors (Lipinski definition) is 0. The quantitative estimate of drug-likeness (QED) is 0.359. The smallest absolute Gasteiger partial charge is 0.0654 e. The van der Waals surface area contributed by atoms with Crippen LogP contribution in [0, 0.1) is 11.8 Å². The Balaban J connectivity index is 2.76. The van der Waals surface area contributed by atoms with Crippen LogP contribution in [0.3, 0.4) is 0 Å². The van der Waals surface area contributed by atoms with E-state index in [9.17, 15) is 0 Å². The lowest BCUT2D eigenvalue weighted by atomic mass is 10.0. The number of hydrogen-bond acceptors (Lipinski definition) is 0. The summed E-state index contributed by atoms with van der Waals surface area (Å²) in [4.78, 5) is 0. The Bertz CT molecular complexity index is 355. The van der Waals surface area contributed by atoms with Gasteiger partial charge in [0.15, 0.2) is 0 Å². The summed E-state index contributed by atoms with van der Waals surface area (Å²) in [5.74, 6) is 1.94. The van der Waals surface area contributed by atoms with Gasteiger partial charge in [0.2, 0.25) is 0 Å². The summed E-state index contributed by atoms with van der Waals surface area (Å²) in [6, 6.07) is 14.6. The third-order valence-electron chi connectivity index (χ3n) is 5.59. The van der Waals surface area contributed by atoms with Gasteiger partial charge in [0.25, 0.3) is 0 Å². The van der Waals surface area contributed by atoms with Crippen LogP contribution in [0.4, 0.5) is 0 Å². The molecule has 0 heterocycles. The highest BCUT2D eigenvalue weighted by Crippen LogP contribution is 2.26. The van der Waals surface area contributed by atoms with Gasteiger partial charge in [0.1, 0.15) is 0 Å². The van der Waals surface area contributed by atoms with Crippen molar-refractivity contribution in [3.8, 4) is 0 Å². The minimum Gasteiger partial charge on any atom is -0.0654 e. The maximum Gasteiger partial charge on any atom is 0.0713 e. The first-order valence-electron chi connectivity index (χ1n) is 10.3. The predicted octanol–water partition coefficient (Wildman–Crippen LogP) is 6.55. The number of benzene rings is 1. The Morgan fingerprint density at radius 2 is 1.22 bits per heavy atom. The molecule has 0 aliphatic rings. The van der Waals surface area contributed by atoms with Gasteiger partial charge in [-0.25, -0.2) is 0 Å². The van der Waals surface area contributed by atoms with E-state index in [2.05, 4.69) is 58.0 Å². The molecule has 1 aromatic carbocycles. The molecule has 0 amide bonds. The zero-order valence-corrected chi connectivity index (χ0v) is 17.3. The van der Waals surface area contributed by atoms with Gasteiger partial charge in [0.05, 0.1) is 8.80 Å². The van der Waals surface area contributed by atoms with Crippen LogP contribution in [0.1, 0.15) is 79.1 Å². The fourth-order valence-electron chi connectivity index (χ4n) is 3.86. The van der Waals surface area contributed by atoms with Gasteiger partial charge in [0, 0.05) is 0 Å². The second-order valence-corrected chi connectivity index (χ2v) is 10.4. The zero-order chi connectivity index (χ0) is 16.9. The standard InChI is InChI=1S/C22H40Si/c1-5-9-14-20(7-3)18-23(22-16-12-11-13-17-22)19-21(8-4)15-10-6-2/h11-13,16-17,20-21,23H,5-10,14-15,18-19H2,1-4H3. The third kappa shape index (κ3) is 8.19.